The van der Waals surface area contributed by atoms with E-state index in [0.717, 1.165) is 12.1 Å². The zero-order valence-electron chi connectivity index (χ0n) is 19.2. The Labute approximate surface area is 200 Å². The van der Waals surface area contributed by atoms with Crippen molar-refractivity contribution < 1.29 is 32.3 Å². The molecule has 0 radical (unpaired) electrons. The molecule has 2 heterocycles. The third-order valence-corrected chi connectivity index (χ3v) is 6.41. The van der Waals surface area contributed by atoms with E-state index in [-0.39, 0.29) is 43.0 Å². The molecule has 1 fully saturated rings. The summed E-state index contributed by atoms with van der Waals surface area (Å²) in [4.78, 5) is 41.4. The van der Waals surface area contributed by atoms with Gasteiger partial charge in [-0.05, 0) is 56.2 Å². The van der Waals surface area contributed by atoms with Gasteiger partial charge in [0.25, 0.3) is 5.91 Å². The molecule has 1 N–H and O–H groups in total. The average Bonchev–Trinajstić information content (AvgIpc) is 3.13. The van der Waals surface area contributed by atoms with E-state index in [2.05, 4.69) is 5.32 Å². The molecule has 0 bridgehead atoms. The number of halogens is 3. The van der Waals surface area contributed by atoms with Crippen LogP contribution in [0.3, 0.4) is 0 Å². The van der Waals surface area contributed by atoms with Gasteiger partial charge in [-0.15, -0.1) is 0 Å². The Morgan fingerprint density at radius 2 is 1.83 bits per heavy atom. The van der Waals surface area contributed by atoms with Crippen LogP contribution < -0.4 is 15.0 Å². The van der Waals surface area contributed by atoms with Crippen LogP contribution in [-0.2, 0) is 15.8 Å². The van der Waals surface area contributed by atoms with Crippen molar-refractivity contribution in [2.24, 2.45) is 0 Å². The van der Waals surface area contributed by atoms with Crippen LogP contribution in [0.15, 0.2) is 48.5 Å². The summed E-state index contributed by atoms with van der Waals surface area (Å²) in [5, 5.41) is 2.70. The summed E-state index contributed by atoms with van der Waals surface area (Å²) in [6.07, 6.45) is -2.93. The maximum atomic E-state index is 13.2. The van der Waals surface area contributed by atoms with Crippen LogP contribution in [0.5, 0.6) is 5.75 Å². The number of anilines is 1. The number of hydrogen-bond acceptors (Lipinski definition) is 4. The first-order valence-corrected chi connectivity index (χ1v) is 11.4. The van der Waals surface area contributed by atoms with Crippen molar-refractivity contribution in [3.8, 4) is 5.75 Å². The molecule has 0 aliphatic carbocycles. The highest BCUT2D eigenvalue weighted by atomic mass is 19.4. The summed E-state index contributed by atoms with van der Waals surface area (Å²) in [7, 11) is 0. The highest BCUT2D eigenvalue weighted by Gasteiger charge is 2.52. The van der Waals surface area contributed by atoms with Gasteiger partial charge in [-0.3, -0.25) is 19.3 Å². The van der Waals surface area contributed by atoms with Gasteiger partial charge in [0, 0.05) is 19.4 Å². The van der Waals surface area contributed by atoms with E-state index in [1.165, 1.54) is 12.1 Å². The summed E-state index contributed by atoms with van der Waals surface area (Å²) in [6.45, 7) is 2.50. The number of nitrogens with one attached hydrogen (secondary N) is 1. The van der Waals surface area contributed by atoms with Crippen molar-refractivity contribution in [1.29, 1.82) is 0 Å². The van der Waals surface area contributed by atoms with Crippen molar-refractivity contribution >= 4 is 23.4 Å². The molecular weight excluding hydrogens is 463 g/mol. The standard InChI is InChI=1S/C25H26F3N3O4/c1-24-13-12-22(33)31(24)20-6-3-2-5-19(20)23(34)30(24)15-4-7-21(32)29-14-16-35-18-10-8-17(9-11-18)25(26,27)28/h2-3,5-6,8-11H,4,7,12-16H2,1H3,(H,29,32). The van der Waals surface area contributed by atoms with Gasteiger partial charge in [-0.1, -0.05) is 12.1 Å². The number of carbonyl (C=O) groups is 3. The Hall–Kier alpha value is -3.56. The van der Waals surface area contributed by atoms with Crippen molar-refractivity contribution in [1.82, 2.24) is 10.2 Å². The number of amides is 3. The SMILES string of the molecule is CC12CCC(=O)N1c1ccccc1C(=O)N2CCCC(=O)NCCOc1ccc(C(F)(F)F)cc1. The van der Waals surface area contributed by atoms with E-state index in [9.17, 15) is 27.6 Å². The Kier molecular flexibility index (Phi) is 6.73. The second-order valence-corrected chi connectivity index (χ2v) is 8.74. The molecule has 2 aliphatic heterocycles. The van der Waals surface area contributed by atoms with Gasteiger partial charge < -0.3 is 15.0 Å². The zero-order valence-corrected chi connectivity index (χ0v) is 19.2. The van der Waals surface area contributed by atoms with Crippen LogP contribution in [0, 0.1) is 0 Å². The second-order valence-electron chi connectivity index (χ2n) is 8.74. The monoisotopic (exact) mass is 489 g/mol. The molecule has 2 aromatic rings. The molecular formula is C25H26F3N3O4. The summed E-state index contributed by atoms with van der Waals surface area (Å²) in [5.74, 6) is -0.127. The third-order valence-electron chi connectivity index (χ3n) is 6.41. The number of benzene rings is 2. The van der Waals surface area contributed by atoms with Crippen LogP contribution in [0.25, 0.3) is 0 Å². The third kappa shape index (κ3) is 4.96. The van der Waals surface area contributed by atoms with Gasteiger partial charge in [-0.2, -0.15) is 13.2 Å². The summed E-state index contributed by atoms with van der Waals surface area (Å²) in [6, 6.07) is 11.4. The number of alkyl halides is 3. The molecule has 1 unspecified atom stereocenters. The molecule has 4 rings (SSSR count). The zero-order chi connectivity index (χ0) is 25.2. The fraction of sp³-hybridized carbons (Fsp3) is 0.400. The van der Waals surface area contributed by atoms with Crippen molar-refractivity contribution in [3.63, 3.8) is 0 Å². The van der Waals surface area contributed by atoms with Crippen LogP contribution >= 0.6 is 0 Å². The molecule has 186 valence electrons. The molecule has 7 nitrogen and oxygen atoms in total. The van der Waals surface area contributed by atoms with Gasteiger partial charge in [0.1, 0.15) is 18.0 Å². The van der Waals surface area contributed by atoms with E-state index in [1.54, 1.807) is 34.1 Å². The van der Waals surface area contributed by atoms with E-state index in [1.807, 2.05) is 6.92 Å². The summed E-state index contributed by atoms with van der Waals surface area (Å²) in [5.41, 5.74) is -0.406. The molecule has 3 amide bonds. The molecule has 0 aromatic heterocycles. The highest BCUT2D eigenvalue weighted by molar-refractivity contribution is 6.10. The van der Waals surface area contributed by atoms with Gasteiger partial charge in [-0.25, -0.2) is 0 Å². The largest absolute Gasteiger partial charge is 0.492 e. The molecule has 0 spiro atoms. The maximum Gasteiger partial charge on any atom is 0.416 e. The predicted molar refractivity (Wildman–Crippen MR) is 122 cm³/mol. The number of hydrogen-bond donors (Lipinski definition) is 1. The van der Waals surface area contributed by atoms with Crippen LogP contribution in [0.4, 0.5) is 18.9 Å². The minimum absolute atomic E-state index is 0.0248. The van der Waals surface area contributed by atoms with Crippen molar-refractivity contribution in [2.45, 2.75) is 44.4 Å². The summed E-state index contributed by atoms with van der Waals surface area (Å²) < 4.78 is 43.2. The second kappa shape index (κ2) is 9.59. The number of carbonyl (C=O) groups excluding carboxylic acids is 3. The molecule has 2 aromatic carbocycles. The number of fused-ring (bicyclic) bond motifs is 3. The minimum Gasteiger partial charge on any atom is -0.492 e. The Morgan fingerprint density at radius 3 is 2.54 bits per heavy atom. The number of ether oxygens (including phenoxy) is 1. The lowest BCUT2D eigenvalue weighted by Gasteiger charge is -2.48. The topological polar surface area (TPSA) is 79.0 Å². The van der Waals surface area contributed by atoms with E-state index in [0.29, 0.717) is 37.1 Å². The Morgan fingerprint density at radius 1 is 1.11 bits per heavy atom. The molecule has 10 heteroatoms. The molecule has 2 aliphatic rings. The summed E-state index contributed by atoms with van der Waals surface area (Å²) >= 11 is 0. The number of rotatable bonds is 8. The fourth-order valence-electron chi connectivity index (χ4n) is 4.63. The minimum atomic E-state index is -4.41. The van der Waals surface area contributed by atoms with Gasteiger partial charge >= 0.3 is 6.18 Å². The Balaban J connectivity index is 1.25. The lowest BCUT2D eigenvalue weighted by molar-refractivity contribution is -0.137. The lowest BCUT2D eigenvalue weighted by atomic mass is 9.98. The molecule has 1 saturated heterocycles. The van der Waals surface area contributed by atoms with E-state index >= 15 is 0 Å². The van der Waals surface area contributed by atoms with Crippen LogP contribution in [-0.4, -0.2) is 48.0 Å². The normalized spacial score (nSPS) is 19.4. The van der Waals surface area contributed by atoms with E-state index in [4.69, 9.17) is 4.74 Å². The number of nitrogens with zero attached hydrogens (tertiary/aromatic N) is 2. The number of para-hydroxylation sites is 1. The smallest absolute Gasteiger partial charge is 0.416 e. The average molecular weight is 489 g/mol. The quantitative estimate of drug-likeness (QED) is 0.569. The van der Waals surface area contributed by atoms with Gasteiger partial charge in [0.15, 0.2) is 0 Å². The van der Waals surface area contributed by atoms with Crippen LogP contribution in [0.2, 0.25) is 0 Å². The van der Waals surface area contributed by atoms with Crippen LogP contribution in [0.1, 0.15) is 48.5 Å². The first-order valence-electron chi connectivity index (χ1n) is 11.4. The molecule has 0 saturated carbocycles. The highest BCUT2D eigenvalue weighted by Crippen LogP contribution is 2.44. The fourth-order valence-corrected chi connectivity index (χ4v) is 4.63. The Bertz CT molecular complexity index is 1120. The lowest BCUT2D eigenvalue weighted by Crippen LogP contribution is -2.62. The molecule has 1 atom stereocenters. The first kappa shape index (κ1) is 24.6. The van der Waals surface area contributed by atoms with Crippen molar-refractivity contribution in [2.75, 3.05) is 24.6 Å². The maximum absolute atomic E-state index is 13.2. The van der Waals surface area contributed by atoms with Gasteiger partial charge in [0.2, 0.25) is 11.8 Å². The molecule has 35 heavy (non-hydrogen) atoms. The van der Waals surface area contributed by atoms with Gasteiger partial charge in [0.05, 0.1) is 23.4 Å². The van der Waals surface area contributed by atoms with Crippen molar-refractivity contribution in [3.05, 3.63) is 59.7 Å². The first-order chi connectivity index (χ1) is 16.6. The predicted octanol–water partition coefficient (Wildman–Crippen LogP) is 3.98. The van der Waals surface area contributed by atoms with E-state index < -0.39 is 17.4 Å².